The highest BCUT2D eigenvalue weighted by molar-refractivity contribution is 7.98. The standard InChI is InChI=1S/C12H11N3O2S/c1-18-12-13-7-6-10(15-12)14-9-4-2-8(3-5-9)11(16)17/h2-7H,1H3,(H,16,17)(H,13,14,15). The largest absolute Gasteiger partial charge is 0.478 e. The maximum Gasteiger partial charge on any atom is 0.335 e. The van der Waals surface area contributed by atoms with Crippen LogP contribution in [0, 0.1) is 0 Å². The van der Waals surface area contributed by atoms with Crippen molar-refractivity contribution in [2.24, 2.45) is 0 Å². The Kier molecular flexibility index (Phi) is 3.78. The number of nitrogens with zero attached hydrogens (tertiary/aromatic N) is 2. The van der Waals surface area contributed by atoms with E-state index in [9.17, 15) is 4.79 Å². The fraction of sp³-hybridized carbons (Fsp3) is 0.0833. The Morgan fingerprint density at radius 3 is 2.61 bits per heavy atom. The lowest BCUT2D eigenvalue weighted by molar-refractivity contribution is 0.0697. The number of benzene rings is 1. The van der Waals surface area contributed by atoms with Crippen molar-refractivity contribution >= 4 is 29.2 Å². The van der Waals surface area contributed by atoms with Crippen LogP contribution in [0.2, 0.25) is 0 Å². The Labute approximate surface area is 108 Å². The minimum atomic E-state index is -0.937. The zero-order valence-corrected chi connectivity index (χ0v) is 10.4. The number of hydrogen-bond acceptors (Lipinski definition) is 5. The molecule has 92 valence electrons. The van der Waals surface area contributed by atoms with Crippen LogP contribution < -0.4 is 5.32 Å². The average Bonchev–Trinajstić information content (AvgIpc) is 2.39. The van der Waals surface area contributed by atoms with Gasteiger partial charge in [0.1, 0.15) is 5.82 Å². The van der Waals surface area contributed by atoms with Gasteiger partial charge in [0.05, 0.1) is 5.56 Å². The minimum absolute atomic E-state index is 0.257. The molecule has 0 aliphatic carbocycles. The van der Waals surface area contributed by atoms with E-state index in [-0.39, 0.29) is 5.56 Å². The van der Waals surface area contributed by atoms with Crippen LogP contribution in [0.1, 0.15) is 10.4 Å². The molecule has 0 bridgehead atoms. The minimum Gasteiger partial charge on any atom is -0.478 e. The van der Waals surface area contributed by atoms with Gasteiger partial charge in [-0.1, -0.05) is 11.8 Å². The van der Waals surface area contributed by atoms with Gasteiger partial charge in [-0.15, -0.1) is 0 Å². The second kappa shape index (κ2) is 5.50. The molecular weight excluding hydrogens is 250 g/mol. The molecule has 18 heavy (non-hydrogen) atoms. The van der Waals surface area contributed by atoms with Crippen molar-refractivity contribution in [3.63, 3.8) is 0 Å². The second-order valence-electron chi connectivity index (χ2n) is 3.44. The molecule has 0 unspecified atom stereocenters. The quantitative estimate of drug-likeness (QED) is 0.651. The van der Waals surface area contributed by atoms with Gasteiger partial charge in [-0.3, -0.25) is 0 Å². The van der Waals surface area contributed by atoms with E-state index in [4.69, 9.17) is 5.11 Å². The molecule has 0 aliphatic rings. The molecule has 2 rings (SSSR count). The number of rotatable bonds is 4. The first kappa shape index (κ1) is 12.4. The summed E-state index contributed by atoms with van der Waals surface area (Å²) in [5.41, 5.74) is 1.04. The fourth-order valence-corrected chi connectivity index (χ4v) is 1.71. The summed E-state index contributed by atoms with van der Waals surface area (Å²) in [6, 6.07) is 8.24. The molecule has 0 aliphatic heterocycles. The second-order valence-corrected chi connectivity index (χ2v) is 4.21. The molecule has 1 aromatic heterocycles. The summed E-state index contributed by atoms with van der Waals surface area (Å²) in [7, 11) is 0. The third kappa shape index (κ3) is 2.98. The average molecular weight is 261 g/mol. The van der Waals surface area contributed by atoms with Crippen LogP contribution in [-0.4, -0.2) is 27.3 Å². The lowest BCUT2D eigenvalue weighted by Crippen LogP contribution is -1.98. The van der Waals surface area contributed by atoms with E-state index in [2.05, 4.69) is 15.3 Å². The number of thioether (sulfide) groups is 1. The summed E-state index contributed by atoms with van der Waals surface area (Å²) in [6.45, 7) is 0. The van der Waals surface area contributed by atoms with Crippen LogP contribution in [-0.2, 0) is 0 Å². The summed E-state index contributed by atoms with van der Waals surface area (Å²) in [4.78, 5) is 19.0. The maximum atomic E-state index is 10.7. The summed E-state index contributed by atoms with van der Waals surface area (Å²) >= 11 is 1.46. The molecular formula is C12H11N3O2S. The molecule has 1 aromatic carbocycles. The molecule has 0 amide bonds. The van der Waals surface area contributed by atoms with Crippen molar-refractivity contribution < 1.29 is 9.90 Å². The lowest BCUT2D eigenvalue weighted by atomic mass is 10.2. The van der Waals surface area contributed by atoms with E-state index in [1.807, 2.05) is 6.26 Å². The number of aromatic nitrogens is 2. The number of aromatic carboxylic acids is 1. The third-order valence-electron chi connectivity index (χ3n) is 2.22. The van der Waals surface area contributed by atoms with Gasteiger partial charge in [-0.05, 0) is 36.6 Å². The molecule has 0 fully saturated rings. The van der Waals surface area contributed by atoms with Gasteiger partial charge >= 0.3 is 5.97 Å². The Bertz CT molecular complexity index is 558. The first-order valence-electron chi connectivity index (χ1n) is 5.16. The van der Waals surface area contributed by atoms with E-state index >= 15 is 0 Å². The molecule has 6 heteroatoms. The van der Waals surface area contributed by atoms with Crippen LogP contribution in [0.5, 0.6) is 0 Å². The van der Waals surface area contributed by atoms with Gasteiger partial charge in [0, 0.05) is 11.9 Å². The molecule has 2 aromatic rings. The van der Waals surface area contributed by atoms with E-state index in [1.165, 1.54) is 11.8 Å². The van der Waals surface area contributed by atoms with Gasteiger partial charge in [-0.2, -0.15) is 0 Å². The molecule has 0 saturated heterocycles. The Balaban J connectivity index is 2.15. The molecule has 0 spiro atoms. The monoisotopic (exact) mass is 261 g/mol. The Morgan fingerprint density at radius 1 is 1.28 bits per heavy atom. The van der Waals surface area contributed by atoms with E-state index in [0.29, 0.717) is 11.0 Å². The van der Waals surface area contributed by atoms with E-state index < -0.39 is 5.97 Å². The topological polar surface area (TPSA) is 75.1 Å². The number of nitrogens with one attached hydrogen (secondary N) is 1. The number of hydrogen-bond donors (Lipinski definition) is 2. The van der Waals surface area contributed by atoms with Gasteiger partial charge in [0.25, 0.3) is 0 Å². The van der Waals surface area contributed by atoms with Crippen LogP contribution in [0.15, 0.2) is 41.7 Å². The first-order chi connectivity index (χ1) is 8.69. The lowest BCUT2D eigenvalue weighted by Gasteiger charge is -2.06. The predicted molar refractivity (Wildman–Crippen MR) is 70.5 cm³/mol. The molecule has 2 N–H and O–H groups in total. The predicted octanol–water partition coefficient (Wildman–Crippen LogP) is 2.64. The van der Waals surface area contributed by atoms with Crippen molar-refractivity contribution in [3.8, 4) is 0 Å². The highest BCUT2D eigenvalue weighted by Crippen LogP contribution is 2.17. The van der Waals surface area contributed by atoms with Gasteiger partial charge < -0.3 is 10.4 Å². The fourth-order valence-electron chi connectivity index (χ4n) is 1.35. The number of anilines is 2. The first-order valence-corrected chi connectivity index (χ1v) is 6.39. The number of carbonyl (C=O) groups is 1. The van der Waals surface area contributed by atoms with Crippen LogP contribution in [0.4, 0.5) is 11.5 Å². The van der Waals surface area contributed by atoms with E-state index in [0.717, 1.165) is 5.69 Å². The SMILES string of the molecule is CSc1nccc(Nc2ccc(C(=O)O)cc2)n1. The van der Waals surface area contributed by atoms with Crippen LogP contribution in [0.25, 0.3) is 0 Å². The molecule has 0 radical (unpaired) electrons. The van der Waals surface area contributed by atoms with Gasteiger partial charge in [0.2, 0.25) is 0 Å². The van der Waals surface area contributed by atoms with Crippen LogP contribution >= 0.6 is 11.8 Å². The molecule has 1 heterocycles. The van der Waals surface area contributed by atoms with Gasteiger partial charge in [-0.25, -0.2) is 14.8 Å². The van der Waals surface area contributed by atoms with Crippen molar-refractivity contribution in [2.75, 3.05) is 11.6 Å². The Morgan fingerprint density at radius 2 is 2.00 bits per heavy atom. The summed E-state index contributed by atoms with van der Waals surface area (Å²) in [5, 5.41) is 12.6. The van der Waals surface area contributed by atoms with Crippen LogP contribution in [0.3, 0.4) is 0 Å². The smallest absolute Gasteiger partial charge is 0.335 e. The number of carboxylic acids is 1. The summed E-state index contributed by atoms with van der Waals surface area (Å²) < 4.78 is 0. The Hall–Kier alpha value is -2.08. The van der Waals surface area contributed by atoms with Crippen molar-refractivity contribution in [1.82, 2.24) is 9.97 Å². The zero-order chi connectivity index (χ0) is 13.0. The molecule has 0 saturated carbocycles. The third-order valence-corrected chi connectivity index (χ3v) is 2.78. The van der Waals surface area contributed by atoms with E-state index in [1.54, 1.807) is 36.5 Å². The molecule has 5 nitrogen and oxygen atoms in total. The molecule has 0 atom stereocenters. The summed E-state index contributed by atoms with van der Waals surface area (Å²) in [5.74, 6) is -0.259. The van der Waals surface area contributed by atoms with Crippen molar-refractivity contribution in [2.45, 2.75) is 5.16 Å². The highest BCUT2D eigenvalue weighted by Gasteiger charge is 2.02. The van der Waals surface area contributed by atoms with Crippen molar-refractivity contribution in [3.05, 3.63) is 42.1 Å². The van der Waals surface area contributed by atoms with Crippen molar-refractivity contribution in [1.29, 1.82) is 0 Å². The van der Waals surface area contributed by atoms with Gasteiger partial charge in [0.15, 0.2) is 5.16 Å². The normalized spacial score (nSPS) is 10.1. The highest BCUT2D eigenvalue weighted by atomic mass is 32.2. The summed E-state index contributed by atoms with van der Waals surface area (Å²) in [6.07, 6.45) is 3.58. The number of carboxylic acid groups (broad SMARTS) is 1. The zero-order valence-electron chi connectivity index (χ0n) is 9.62. The maximum absolute atomic E-state index is 10.7.